The Hall–Kier alpha value is -2.73. The maximum atomic E-state index is 12.8. The Balaban J connectivity index is 1.41. The predicted molar refractivity (Wildman–Crippen MR) is 112 cm³/mol. The van der Waals surface area contributed by atoms with Crippen LogP contribution in [0.4, 0.5) is 5.69 Å². The zero-order valence-electron chi connectivity index (χ0n) is 16.9. The standard InChI is InChI=1S/C23H27N3O3/c1-15(2)23(29)24-19-8-6-17(7-9-19)21(27)14-25-11-16-10-18(13-25)20-4-3-5-22(28)26(20)12-16/h3-9,15-16,18H,10-14H2,1-2H3,(H,24,29). The molecule has 1 aromatic carbocycles. The molecule has 2 atom stereocenters. The summed E-state index contributed by atoms with van der Waals surface area (Å²) in [6, 6.07) is 12.6. The smallest absolute Gasteiger partial charge is 0.250 e. The number of piperidine rings is 1. The van der Waals surface area contributed by atoms with Gasteiger partial charge in [0.05, 0.1) is 6.54 Å². The first-order valence-electron chi connectivity index (χ1n) is 10.3. The number of aromatic nitrogens is 1. The molecule has 1 aromatic heterocycles. The lowest BCUT2D eigenvalue weighted by Crippen LogP contribution is -2.48. The van der Waals surface area contributed by atoms with Crippen LogP contribution in [0.3, 0.4) is 0 Å². The van der Waals surface area contributed by atoms with Crippen LogP contribution in [0, 0.1) is 11.8 Å². The average Bonchev–Trinajstić information content (AvgIpc) is 2.69. The van der Waals surface area contributed by atoms with Crippen LogP contribution in [0.1, 0.15) is 42.2 Å². The number of Topliss-reactive ketones (excluding diaryl/α,β-unsaturated/α-hetero) is 1. The molecule has 0 radical (unpaired) electrons. The van der Waals surface area contributed by atoms with Crippen molar-refractivity contribution in [2.24, 2.45) is 11.8 Å². The highest BCUT2D eigenvalue weighted by Gasteiger charge is 2.34. The van der Waals surface area contributed by atoms with Gasteiger partial charge < -0.3 is 9.88 Å². The molecule has 2 aliphatic heterocycles. The number of likely N-dealkylation sites (tertiary alicyclic amines) is 1. The Bertz CT molecular complexity index is 978. The Morgan fingerprint density at radius 2 is 1.83 bits per heavy atom. The minimum absolute atomic E-state index is 0.0386. The molecule has 0 spiro atoms. The topological polar surface area (TPSA) is 71.4 Å². The van der Waals surface area contributed by atoms with Gasteiger partial charge in [-0.15, -0.1) is 0 Å². The largest absolute Gasteiger partial charge is 0.326 e. The van der Waals surface area contributed by atoms with Gasteiger partial charge in [0.15, 0.2) is 5.78 Å². The van der Waals surface area contributed by atoms with E-state index >= 15 is 0 Å². The number of pyridine rings is 1. The second kappa shape index (κ2) is 7.95. The quantitative estimate of drug-likeness (QED) is 0.793. The van der Waals surface area contributed by atoms with Crippen LogP contribution in [-0.4, -0.2) is 40.8 Å². The van der Waals surface area contributed by atoms with E-state index in [0.29, 0.717) is 29.6 Å². The number of nitrogens with zero attached hydrogens (tertiary/aromatic N) is 2. The van der Waals surface area contributed by atoms with E-state index in [0.717, 1.165) is 31.7 Å². The van der Waals surface area contributed by atoms with E-state index in [2.05, 4.69) is 10.2 Å². The third kappa shape index (κ3) is 4.17. The third-order valence-corrected chi connectivity index (χ3v) is 5.92. The number of hydrogen-bond donors (Lipinski definition) is 1. The monoisotopic (exact) mass is 393 g/mol. The number of hydrogen-bond acceptors (Lipinski definition) is 4. The highest BCUT2D eigenvalue weighted by molar-refractivity contribution is 5.98. The summed E-state index contributed by atoms with van der Waals surface area (Å²) in [5.74, 6) is 0.664. The molecule has 2 aliphatic rings. The van der Waals surface area contributed by atoms with Gasteiger partial charge in [-0.05, 0) is 42.7 Å². The third-order valence-electron chi connectivity index (χ3n) is 5.92. The van der Waals surface area contributed by atoms with Gasteiger partial charge in [0.25, 0.3) is 5.56 Å². The molecule has 0 saturated carbocycles. The van der Waals surface area contributed by atoms with Gasteiger partial charge in [0, 0.05) is 54.5 Å². The zero-order valence-corrected chi connectivity index (χ0v) is 16.9. The number of fused-ring (bicyclic) bond motifs is 4. The van der Waals surface area contributed by atoms with Crippen molar-refractivity contribution in [3.63, 3.8) is 0 Å². The van der Waals surface area contributed by atoms with E-state index in [9.17, 15) is 14.4 Å². The Morgan fingerprint density at radius 1 is 1.07 bits per heavy atom. The lowest BCUT2D eigenvalue weighted by molar-refractivity contribution is -0.118. The summed E-state index contributed by atoms with van der Waals surface area (Å²) in [6.07, 6.45) is 1.08. The summed E-state index contributed by atoms with van der Waals surface area (Å²) in [4.78, 5) is 38.9. The van der Waals surface area contributed by atoms with Crippen molar-refractivity contribution in [2.75, 3.05) is 25.0 Å². The predicted octanol–water partition coefficient (Wildman–Crippen LogP) is 2.74. The van der Waals surface area contributed by atoms with Crippen LogP contribution < -0.4 is 10.9 Å². The molecule has 1 N–H and O–H groups in total. The van der Waals surface area contributed by atoms with Gasteiger partial charge in [-0.3, -0.25) is 19.3 Å². The summed E-state index contributed by atoms with van der Waals surface area (Å²) in [6.45, 7) is 6.44. The van der Waals surface area contributed by atoms with E-state index in [1.807, 2.05) is 30.5 Å². The molecule has 1 fully saturated rings. The van der Waals surface area contributed by atoms with E-state index in [4.69, 9.17) is 0 Å². The maximum Gasteiger partial charge on any atom is 0.250 e. The minimum Gasteiger partial charge on any atom is -0.326 e. The SMILES string of the molecule is CC(C)C(=O)Nc1ccc(C(=O)CN2CC3CC(C2)c2cccc(=O)n2C3)cc1. The fourth-order valence-electron chi connectivity index (χ4n) is 4.45. The molecule has 0 aliphatic carbocycles. The van der Waals surface area contributed by atoms with E-state index in [1.54, 1.807) is 30.3 Å². The molecule has 2 unspecified atom stereocenters. The van der Waals surface area contributed by atoms with Crippen molar-refractivity contribution >= 4 is 17.4 Å². The fraction of sp³-hybridized carbons (Fsp3) is 0.435. The molecule has 152 valence electrons. The molecule has 3 heterocycles. The maximum absolute atomic E-state index is 12.8. The lowest BCUT2D eigenvalue weighted by atomic mass is 9.83. The van der Waals surface area contributed by atoms with Crippen LogP contribution in [-0.2, 0) is 11.3 Å². The number of carbonyl (C=O) groups is 2. The van der Waals surface area contributed by atoms with Crippen LogP contribution in [0.15, 0.2) is 47.3 Å². The Kier molecular flexibility index (Phi) is 5.37. The number of carbonyl (C=O) groups excluding carboxylic acids is 2. The highest BCUT2D eigenvalue weighted by atomic mass is 16.2. The first kappa shape index (κ1) is 19.6. The van der Waals surface area contributed by atoms with Crippen molar-refractivity contribution in [3.05, 3.63) is 64.1 Å². The van der Waals surface area contributed by atoms with E-state index in [1.165, 1.54) is 0 Å². The Morgan fingerprint density at radius 3 is 2.55 bits per heavy atom. The van der Waals surface area contributed by atoms with E-state index < -0.39 is 0 Å². The average molecular weight is 393 g/mol. The van der Waals surface area contributed by atoms with Gasteiger partial charge in [0.1, 0.15) is 0 Å². The fourth-order valence-corrected chi connectivity index (χ4v) is 4.45. The van der Waals surface area contributed by atoms with Gasteiger partial charge >= 0.3 is 0 Å². The van der Waals surface area contributed by atoms with Crippen LogP contribution in [0.5, 0.6) is 0 Å². The number of benzene rings is 1. The van der Waals surface area contributed by atoms with Crippen molar-refractivity contribution < 1.29 is 9.59 Å². The second-order valence-electron chi connectivity index (χ2n) is 8.54. The Labute approximate surface area is 170 Å². The summed E-state index contributed by atoms with van der Waals surface area (Å²) in [5.41, 5.74) is 2.53. The van der Waals surface area contributed by atoms with E-state index in [-0.39, 0.29) is 23.2 Å². The molecule has 6 nitrogen and oxygen atoms in total. The molecule has 1 amide bonds. The summed E-state index contributed by atoms with van der Waals surface area (Å²) in [5, 5.41) is 2.84. The van der Waals surface area contributed by atoms with Crippen molar-refractivity contribution in [1.82, 2.24) is 9.47 Å². The minimum atomic E-state index is -0.0872. The first-order valence-corrected chi connectivity index (χ1v) is 10.3. The molecule has 2 bridgehead atoms. The number of amides is 1. The van der Waals surface area contributed by atoms with Gasteiger partial charge in [-0.25, -0.2) is 0 Å². The molecular weight excluding hydrogens is 366 g/mol. The molecular formula is C23H27N3O3. The van der Waals surface area contributed by atoms with Crippen molar-refractivity contribution in [1.29, 1.82) is 0 Å². The number of rotatable bonds is 5. The number of anilines is 1. The number of ketones is 1. The summed E-state index contributed by atoms with van der Waals surface area (Å²) in [7, 11) is 0. The van der Waals surface area contributed by atoms with Crippen LogP contribution in [0.2, 0.25) is 0 Å². The van der Waals surface area contributed by atoms with Crippen molar-refractivity contribution in [3.8, 4) is 0 Å². The number of nitrogens with one attached hydrogen (secondary N) is 1. The molecule has 4 rings (SSSR count). The van der Waals surface area contributed by atoms with Gasteiger partial charge in [0.2, 0.25) is 5.91 Å². The molecule has 1 saturated heterocycles. The van der Waals surface area contributed by atoms with Crippen LogP contribution in [0.25, 0.3) is 0 Å². The molecule has 6 heteroatoms. The second-order valence-corrected chi connectivity index (χ2v) is 8.54. The normalized spacial score (nSPS) is 20.9. The van der Waals surface area contributed by atoms with Crippen molar-refractivity contribution in [2.45, 2.75) is 32.7 Å². The summed E-state index contributed by atoms with van der Waals surface area (Å²) < 4.78 is 1.90. The zero-order chi connectivity index (χ0) is 20.5. The van der Waals surface area contributed by atoms with Gasteiger partial charge in [-0.1, -0.05) is 19.9 Å². The van der Waals surface area contributed by atoms with Gasteiger partial charge in [-0.2, -0.15) is 0 Å². The van der Waals surface area contributed by atoms with Crippen LogP contribution >= 0.6 is 0 Å². The highest BCUT2D eigenvalue weighted by Crippen LogP contribution is 2.34. The molecule has 29 heavy (non-hydrogen) atoms. The lowest BCUT2D eigenvalue weighted by Gasteiger charge is -2.42. The first-order chi connectivity index (χ1) is 13.9. The summed E-state index contributed by atoms with van der Waals surface area (Å²) >= 11 is 0. The molecule has 2 aromatic rings.